The fourth-order valence-corrected chi connectivity index (χ4v) is 3.74. The van der Waals surface area contributed by atoms with Gasteiger partial charge in [0.2, 0.25) is 0 Å². The quantitative estimate of drug-likeness (QED) is 0.681. The van der Waals surface area contributed by atoms with E-state index in [9.17, 15) is 0 Å². The van der Waals surface area contributed by atoms with Gasteiger partial charge in [0.15, 0.2) is 0 Å². The van der Waals surface area contributed by atoms with E-state index >= 15 is 0 Å². The van der Waals surface area contributed by atoms with Gasteiger partial charge in [-0.3, -0.25) is 0 Å². The van der Waals surface area contributed by atoms with Crippen LogP contribution in [0.3, 0.4) is 0 Å². The second-order valence-electron chi connectivity index (χ2n) is 7.00. The molecule has 146 valence electrons. The highest BCUT2D eigenvalue weighted by molar-refractivity contribution is 5.58. The topological polar surface area (TPSA) is 48.3 Å². The second-order valence-corrected chi connectivity index (χ2v) is 7.00. The third kappa shape index (κ3) is 3.70. The number of para-hydroxylation sites is 2. The first-order valence-electron chi connectivity index (χ1n) is 10.00. The number of rotatable bonds is 6. The van der Waals surface area contributed by atoms with Gasteiger partial charge in [-0.1, -0.05) is 24.3 Å². The van der Waals surface area contributed by atoms with Gasteiger partial charge in [-0.05, 0) is 56.0 Å². The molecule has 5 nitrogen and oxygen atoms in total. The lowest BCUT2D eigenvalue weighted by molar-refractivity contribution is 0.338. The molecule has 28 heavy (non-hydrogen) atoms. The summed E-state index contributed by atoms with van der Waals surface area (Å²) < 4.78 is 13.2. The molecule has 0 unspecified atom stereocenters. The molecular formula is C23H27N3O2. The summed E-state index contributed by atoms with van der Waals surface area (Å²) in [7, 11) is 1.69. The number of hydrogen-bond acceptors (Lipinski definition) is 4. The molecule has 1 aromatic heterocycles. The molecular weight excluding hydrogens is 350 g/mol. The number of anilines is 1. The highest BCUT2D eigenvalue weighted by Crippen LogP contribution is 2.32. The Morgan fingerprint density at radius 2 is 1.89 bits per heavy atom. The zero-order chi connectivity index (χ0) is 19.3. The molecule has 0 fully saturated rings. The molecule has 2 heterocycles. The number of hydrogen-bond donors (Lipinski definition) is 1. The van der Waals surface area contributed by atoms with E-state index in [1.54, 1.807) is 7.11 Å². The summed E-state index contributed by atoms with van der Waals surface area (Å²) in [6.07, 6.45) is 4.20. The SMILES string of the molecule is CCOc1ccccc1-n1nc(Cc2ccc(OC)cc2)c2c1NCCCC2. The molecule has 0 bridgehead atoms. The van der Waals surface area contributed by atoms with Crippen molar-refractivity contribution in [1.29, 1.82) is 0 Å². The Balaban J connectivity index is 1.75. The van der Waals surface area contributed by atoms with Crippen molar-refractivity contribution in [3.05, 3.63) is 65.4 Å². The van der Waals surface area contributed by atoms with Crippen LogP contribution < -0.4 is 14.8 Å². The largest absolute Gasteiger partial charge is 0.497 e. The Kier molecular flexibility index (Phi) is 5.51. The normalized spacial score (nSPS) is 13.4. The summed E-state index contributed by atoms with van der Waals surface area (Å²) in [4.78, 5) is 0. The first kappa shape index (κ1) is 18.4. The Bertz CT molecular complexity index is 932. The van der Waals surface area contributed by atoms with E-state index in [0.717, 1.165) is 48.1 Å². The van der Waals surface area contributed by atoms with E-state index in [1.165, 1.54) is 24.0 Å². The Morgan fingerprint density at radius 1 is 1.07 bits per heavy atom. The van der Waals surface area contributed by atoms with Crippen LogP contribution in [0.2, 0.25) is 0 Å². The van der Waals surface area contributed by atoms with E-state index in [-0.39, 0.29) is 0 Å². The summed E-state index contributed by atoms with van der Waals surface area (Å²) in [6, 6.07) is 16.4. The summed E-state index contributed by atoms with van der Waals surface area (Å²) in [6.45, 7) is 3.61. The van der Waals surface area contributed by atoms with E-state index < -0.39 is 0 Å². The van der Waals surface area contributed by atoms with Gasteiger partial charge >= 0.3 is 0 Å². The molecule has 5 heteroatoms. The fourth-order valence-electron chi connectivity index (χ4n) is 3.74. The maximum atomic E-state index is 5.86. The maximum Gasteiger partial charge on any atom is 0.145 e. The summed E-state index contributed by atoms with van der Waals surface area (Å²) >= 11 is 0. The predicted octanol–water partition coefficient (Wildman–Crippen LogP) is 4.62. The van der Waals surface area contributed by atoms with Gasteiger partial charge in [-0.15, -0.1) is 0 Å². The molecule has 0 amide bonds. The summed E-state index contributed by atoms with van der Waals surface area (Å²) in [5.74, 6) is 2.84. The number of fused-ring (bicyclic) bond motifs is 1. The lowest BCUT2D eigenvalue weighted by Crippen LogP contribution is -2.08. The molecule has 0 saturated heterocycles. The van der Waals surface area contributed by atoms with Crippen molar-refractivity contribution in [3.8, 4) is 17.2 Å². The average molecular weight is 377 g/mol. The number of ether oxygens (including phenoxy) is 2. The van der Waals surface area contributed by atoms with Crippen LogP contribution in [-0.2, 0) is 12.8 Å². The molecule has 2 aromatic carbocycles. The van der Waals surface area contributed by atoms with E-state index in [4.69, 9.17) is 14.6 Å². The van der Waals surface area contributed by atoms with Gasteiger partial charge in [0.05, 0.1) is 19.4 Å². The van der Waals surface area contributed by atoms with Crippen LogP contribution in [0, 0.1) is 0 Å². The van der Waals surface area contributed by atoms with Crippen molar-refractivity contribution < 1.29 is 9.47 Å². The van der Waals surface area contributed by atoms with Crippen molar-refractivity contribution >= 4 is 5.82 Å². The van der Waals surface area contributed by atoms with Crippen molar-refractivity contribution in [2.24, 2.45) is 0 Å². The summed E-state index contributed by atoms with van der Waals surface area (Å²) in [5, 5.41) is 8.64. The third-order valence-corrected chi connectivity index (χ3v) is 5.14. The minimum absolute atomic E-state index is 0.632. The van der Waals surface area contributed by atoms with Crippen LogP contribution in [0.1, 0.15) is 36.6 Å². The lowest BCUT2D eigenvalue weighted by atomic mass is 10.0. The van der Waals surface area contributed by atoms with E-state index in [1.807, 2.05) is 41.9 Å². The van der Waals surface area contributed by atoms with Crippen LogP contribution in [0.15, 0.2) is 48.5 Å². The van der Waals surface area contributed by atoms with Gasteiger partial charge in [-0.25, -0.2) is 4.68 Å². The number of nitrogens with zero attached hydrogens (tertiary/aromatic N) is 2. The maximum absolute atomic E-state index is 5.86. The van der Waals surface area contributed by atoms with Crippen molar-refractivity contribution in [2.75, 3.05) is 25.6 Å². The van der Waals surface area contributed by atoms with Crippen LogP contribution >= 0.6 is 0 Å². The van der Waals surface area contributed by atoms with Gasteiger partial charge in [-0.2, -0.15) is 5.10 Å². The monoisotopic (exact) mass is 377 g/mol. The standard InChI is InChI=1S/C23H27N3O2/c1-3-28-22-10-5-4-9-21(22)26-23-19(8-6-7-15-24-23)20(25-26)16-17-11-13-18(27-2)14-12-17/h4-5,9-14,24H,3,6-8,15-16H2,1-2H3. The molecule has 4 rings (SSSR count). The average Bonchev–Trinajstić information content (AvgIpc) is 2.90. The Labute approximate surface area is 166 Å². The van der Waals surface area contributed by atoms with Crippen LogP contribution in [0.4, 0.5) is 5.82 Å². The van der Waals surface area contributed by atoms with Gasteiger partial charge in [0, 0.05) is 18.5 Å². The predicted molar refractivity (Wildman–Crippen MR) is 112 cm³/mol. The van der Waals surface area contributed by atoms with E-state index in [2.05, 4.69) is 23.5 Å². The molecule has 0 spiro atoms. The Morgan fingerprint density at radius 3 is 2.68 bits per heavy atom. The number of methoxy groups -OCH3 is 1. The fraction of sp³-hybridized carbons (Fsp3) is 0.348. The second kappa shape index (κ2) is 8.38. The van der Waals surface area contributed by atoms with Crippen LogP contribution in [0.5, 0.6) is 11.5 Å². The molecule has 1 N–H and O–H groups in total. The Hall–Kier alpha value is -2.95. The van der Waals surface area contributed by atoms with Crippen molar-refractivity contribution in [1.82, 2.24) is 9.78 Å². The lowest BCUT2D eigenvalue weighted by Gasteiger charge is -2.13. The molecule has 3 aromatic rings. The molecule has 0 saturated carbocycles. The first-order valence-corrected chi connectivity index (χ1v) is 10.00. The molecule has 1 aliphatic heterocycles. The van der Waals surface area contributed by atoms with Crippen molar-refractivity contribution in [2.45, 2.75) is 32.6 Å². The van der Waals surface area contributed by atoms with Crippen molar-refractivity contribution in [3.63, 3.8) is 0 Å². The minimum Gasteiger partial charge on any atom is -0.497 e. The number of benzene rings is 2. The zero-order valence-electron chi connectivity index (χ0n) is 16.6. The van der Waals surface area contributed by atoms with Gasteiger partial charge in [0.1, 0.15) is 23.0 Å². The number of nitrogens with one attached hydrogen (secondary N) is 1. The first-order chi connectivity index (χ1) is 13.8. The van der Waals surface area contributed by atoms with Gasteiger partial charge in [0.25, 0.3) is 0 Å². The molecule has 0 aliphatic carbocycles. The van der Waals surface area contributed by atoms with Crippen LogP contribution in [0.25, 0.3) is 5.69 Å². The van der Waals surface area contributed by atoms with Gasteiger partial charge < -0.3 is 14.8 Å². The molecule has 0 atom stereocenters. The third-order valence-electron chi connectivity index (χ3n) is 5.14. The summed E-state index contributed by atoms with van der Waals surface area (Å²) in [5.41, 5.74) is 4.66. The molecule has 1 aliphatic rings. The highest BCUT2D eigenvalue weighted by Gasteiger charge is 2.22. The minimum atomic E-state index is 0.632. The zero-order valence-corrected chi connectivity index (χ0v) is 16.6. The highest BCUT2D eigenvalue weighted by atomic mass is 16.5. The molecule has 0 radical (unpaired) electrons. The smallest absolute Gasteiger partial charge is 0.145 e. The van der Waals surface area contributed by atoms with Crippen LogP contribution in [-0.4, -0.2) is 30.0 Å². The number of aromatic nitrogens is 2. The van der Waals surface area contributed by atoms with E-state index in [0.29, 0.717) is 6.61 Å².